The van der Waals surface area contributed by atoms with Gasteiger partial charge in [0, 0.05) is 19.7 Å². The lowest BCUT2D eigenvalue weighted by molar-refractivity contribution is 0.803. The molecule has 2 aromatic rings. The first-order chi connectivity index (χ1) is 9.52. The maximum atomic E-state index is 5.51. The Morgan fingerprint density at radius 3 is 2.60 bits per heavy atom. The van der Waals surface area contributed by atoms with Crippen LogP contribution in [0, 0.1) is 0 Å². The Bertz CT molecular complexity index is 582. The number of hydrogen-bond acceptors (Lipinski definition) is 9. The van der Waals surface area contributed by atoms with Gasteiger partial charge in [-0.1, -0.05) is 25.2 Å². The molecule has 0 amide bonds. The van der Waals surface area contributed by atoms with E-state index in [0.717, 1.165) is 20.1 Å². The van der Waals surface area contributed by atoms with Crippen LogP contribution in [0.2, 0.25) is 0 Å². The van der Waals surface area contributed by atoms with Gasteiger partial charge in [0.2, 0.25) is 5.13 Å². The molecule has 7 nitrogen and oxygen atoms in total. The molecule has 0 aromatic carbocycles. The second-order valence-corrected chi connectivity index (χ2v) is 6.78. The molecule has 3 N–H and O–H groups in total. The first kappa shape index (κ1) is 14.9. The third kappa shape index (κ3) is 3.17. The molecule has 0 unspecified atom stereocenters. The van der Waals surface area contributed by atoms with Gasteiger partial charge in [0.1, 0.15) is 17.2 Å². The van der Waals surface area contributed by atoms with E-state index in [-0.39, 0.29) is 5.92 Å². The Morgan fingerprint density at radius 1 is 1.30 bits per heavy atom. The minimum atomic E-state index is 0.256. The van der Waals surface area contributed by atoms with Crippen molar-refractivity contribution in [3.8, 4) is 0 Å². The number of hydrazine groups is 1. The highest BCUT2D eigenvalue weighted by Crippen LogP contribution is 2.37. The van der Waals surface area contributed by atoms with Crippen molar-refractivity contribution in [1.82, 2.24) is 20.2 Å². The summed E-state index contributed by atoms with van der Waals surface area (Å²) < 4.78 is 0.845. The molecule has 108 valence electrons. The zero-order valence-corrected chi connectivity index (χ0v) is 13.4. The zero-order chi connectivity index (χ0) is 14.7. The molecule has 0 aliphatic heterocycles. The highest BCUT2D eigenvalue weighted by atomic mass is 32.2. The normalized spacial score (nSPS) is 10.9. The summed E-state index contributed by atoms with van der Waals surface area (Å²) in [6, 6.07) is 0. The number of anilines is 2. The van der Waals surface area contributed by atoms with Gasteiger partial charge in [0.15, 0.2) is 4.34 Å². The van der Waals surface area contributed by atoms with Gasteiger partial charge < -0.3 is 10.3 Å². The lowest BCUT2D eigenvalue weighted by Crippen LogP contribution is -2.13. The van der Waals surface area contributed by atoms with Gasteiger partial charge in [0.05, 0.1) is 0 Å². The predicted octanol–water partition coefficient (Wildman–Crippen LogP) is 1.95. The van der Waals surface area contributed by atoms with Crippen LogP contribution < -0.4 is 16.2 Å². The van der Waals surface area contributed by atoms with Crippen molar-refractivity contribution < 1.29 is 0 Å². The van der Waals surface area contributed by atoms with Crippen LogP contribution in [0.1, 0.15) is 25.3 Å². The van der Waals surface area contributed by atoms with E-state index in [1.165, 1.54) is 29.4 Å². The average Bonchev–Trinajstić information content (AvgIpc) is 2.86. The summed E-state index contributed by atoms with van der Waals surface area (Å²) in [4.78, 5) is 10.4. The molecular formula is C11H17N7S2. The Kier molecular flexibility index (Phi) is 4.73. The minimum absolute atomic E-state index is 0.256. The molecule has 20 heavy (non-hydrogen) atoms. The number of aromatic nitrogens is 4. The summed E-state index contributed by atoms with van der Waals surface area (Å²) in [5, 5.41) is 10.0. The predicted molar refractivity (Wildman–Crippen MR) is 82.3 cm³/mol. The maximum absolute atomic E-state index is 5.51. The molecule has 0 bridgehead atoms. The zero-order valence-electron chi connectivity index (χ0n) is 11.8. The van der Waals surface area contributed by atoms with E-state index < -0.39 is 0 Å². The van der Waals surface area contributed by atoms with Gasteiger partial charge in [0.25, 0.3) is 0 Å². The molecule has 0 atom stereocenters. The van der Waals surface area contributed by atoms with Crippen molar-refractivity contribution in [3.63, 3.8) is 0 Å². The summed E-state index contributed by atoms with van der Waals surface area (Å²) in [7, 11) is 3.88. The fraction of sp³-hybridized carbons (Fsp3) is 0.455. The smallest absolute Gasteiger partial charge is 0.208 e. The Hall–Kier alpha value is -1.45. The molecule has 0 aliphatic rings. The molecule has 0 saturated heterocycles. The Morgan fingerprint density at radius 2 is 2.05 bits per heavy atom. The van der Waals surface area contributed by atoms with Crippen LogP contribution in [-0.2, 0) is 0 Å². The number of rotatable bonds is 5. The van der Waals surface area contributed by atoms with Crippen LogP contribution in [-0.4, -0.2) is 34.3 Å². The van der Waals surface area contributed by atoms with Crippen molar-refractivity contribution >= 4 is 34.0 Å². The van der Waals surface area contributed by atoms with Crippen LogP contribution in [0.3, 0.4) is 0 Å². The van der Waals surface area contributed by atoms with Crippen LogP contribution in [0.5, 0.6) is 0 Å². The highest BCUT2D eigenvalue weighted by Gasteiger charge is 2.17. The van der Waals surface area contributed by atoms with E-state index in [1.54, 1.807) is 0 Å². The Balaban J connectivity index is 2.32. The maximum Gasteiger partial charge on any atom is 0.208 e. The lowest BCUT2D eigenvalue weighted by Gasteiger charge is -2.13. The summed E-state index contributed by atoms with van der Waals surface area (Å²) in [6.45, 7) is 4.16. The van der Waals surface area contributed by atoms with E-state index in [4.69, 9.17) is 5.84 Å². The number of hydrogen-bond donors (Lipinski definition) is 2. The first-order valence-electron chi connectivity index (χ1n) is 6.03. The minimum Gasteiger partial charge on any atom is -0.353 e. The van der Waals surface area contributed by atoms with Gasteiger partial charge in [-0.25, -0.2) is 15.8 Å². The lowest BCUT2D eigenvalue weighted by atomic mass is 10.1. The van der Waals surface area contributed by atoms with Crippen LogP contribution >= 0.6 is 23.1 Å². The number of nitrogen functional groups attached to an aromatic ring is 1. The summed E-state index contributed by atoms with van der Waals surface area (Å²) in [6.07, 6.45) is 1.50. The number of nitrogens with two attached hydrogens (primary N) is 1. The van der Waals surface area contributed by atoms with Gasteiger partial charge in [-0.2, -0.15) is 0 Å². The number of nitrogens with one attached hydrogen (secondary N) is 1. The van der Waals surface area contributed by atoms with Crippen molar-refractivity contribution in [3.05, 3.63) is 11.9 Å². The molecule has 2 rings (SSSR count). The number of nitrogens with zero attached hydrogens (tertiary/aromatic N) is 5. The molecule has 0 aliphatic carbocycles. The largest absolute Gasteiger partial charge is 0.353 e. The van der Waals surface area contributed by atoms with E-state index in [0.29, 0.717) is 5.82 Å². The van der Waals surface area contributed by atoms with Gasteiger partial charge in [-0.05, 0) is 17.7 Å². The van der Waals surface area contributed by atoms with Crippen molar-refractivity contribution in [1.29, 1.82) is 0 Å². The SMILES string of the molecule is CC(C)c1c(NN)ncnc1Sc1nnc(N(C)C)s1. The first-order valence-corrected chi connectivity index (χ1v) is 7.66. The second-order valence-electron chi connectivity index (χ2n) is 4.59. The quantitative estimate of drug-likeness (QED) is 0.492. The molecule has 9 heteroatoms. The third-order valence-electron chi connectivity index (χ3n) is 2.52. The summed E-state index contributed by atoms with van der Waals surface area (Å²) in [5.74, 6) is 6.42. The fourth-order valence-electron chi connectivity index (χ4n) is 1.60. The van der Waals surface area contributed by atoms with Crippen molar-refractivity contribution in [2.45, 2.75) is 29.1 Å². The van der Waals surface area contributed by atoms with Crippen LogP contribution in [0.15, 0.2) is 15.7 Å². The molecule has 0 saturated carbocycles. The molecule has 2 heterocycles. The fourth-order valence-corrected chi connectivity index (χ4v) is 3.52. The molecule has 0 spiro atoms. The molecule has 0 fully saturated rings. The summed E-state index contributed by atoms with van der Waals surface area (Å²) in [5.41, 5.74) is 3.61. The standard InChI is InChI=1S/C11H17N7S2/c1-6(2)7-8(15-12)13-5-14-9(7)19-11-17-16-10(20-11)18(3)4/h5-6H,12H2,1-4H3,(H,13,14,15). The van der Waals surface area contributed by atoms with Crippen LogP contribution in [0.4, 0.5) is 10.9 Å². The molecule has 2 aromatic heterocycles. The van der Waals surface area contributed by atoms with Gasteiger partial charge >= 0.3 is 0 Å². The van der Waals surface area contributed by atoms with E-state index in [9.17, 15) is 0 Å². The average molecular weight is 311 g/mol. The van der Waals surface area contributed by atoms with E-state index in [2.05, 4.69) is 39.4 Å². The van der Waals surface area contributed by atoms with Crippen LogP contribution in [0.25, 0.3) is 0 Å². The topological polar surface area (TPSA) is 92.8 Å². The van der Waals surface area contributed by atoms with Gasteiger partial charge in [-0.3, -0.25) is 0 Å². The molecule has 0 radical (unpaired) electrons. The molecular weight excluding hydrogens is 294 g/mol. The highest BCUT2D eigenvalue weighted by molar-refractivity contribution is 8.01. The summed E-state index contributed by atoms with van der Waals surface area (Å²) >= 11 is 3.01. The van der Waals surface area contributed by atoms with Crippen molar-refractivity contribution in [2.24, 2.45) is 5.84 Å². The van der Waals surface area contributed by atoms with E-state index in [1.807, 2.05) is 19.0 Å². The monoisotopic (exact) mass is 311 g/mol. The second kappa shape index (κ2) is 6.33. The van der Waals surface area contributed by atoms with Gasteiger partial charge in [-0.15, -0.1) is 10.2 Å². The Labute approximate surface area is 126 Å². The third-order valence-corrected chi connectivity index (χ3v) is 4.68. The van der Waals surface area contributed by atoms with E-state index >= 15 is 0 Å². The van der Waals surface area contributed by atoms with Crippen molar-refractivity contribution in [2.75, 3.05) is 24.4 Å².